The molecule has 0 amide bonds. The highest BCUT2D eigenvalue weighted by Crippen LogP contribution is 2.17. The van der Waals surface area contributed by atoms with Gasteiger partial charge >= 0.3 is 0 Å². The molecule has 32 heavy (non-hydrogen) atoms. The van der Waals surface area contributed by atoms with Gasteiger partial charge in [0.05, 0.1) is 6.54 Å². The molecule has 1 unspecified atom stereocenters. The first-order valence-corrected chi connectivity index (χ1v) is 10.6. The first kappa shape index (κ1) is 25.6. The van der Waals surface area contributed by atoms with Crippen LogP contribution in [0.5, 0.6) is 5.75 Å². The summed E-state index contributed by atoms with van der Waals surface area (Å²) in [5.74, 6) is 1.60. The molecule has 1 atom stereocenters. The van der Waals surface area contributed by atoms with Gasteiger partial charge in [-0.2, -0.15) is 0 Å². The minimum atomic E-state index is -0.366. The third-order valence-corrected chi connectivity index (χ3v) is 4.65. The summed E-state index contributed by atoms with van der Waals surface area (Å²) in [7, 11) is 0. The Morgan fingerprint density at radius 2 is 1.88 bits per heavy atom. The third-order valence-electron chi connectivity index (χ3n) is 4.65. The van der Waals surface area contributed by atoms with Gasteiger partial charge in [0.2, 0.25) is 0 Å². The second-order valence-corrected chi connectivity index (χ2v) is 7.21. The predicted molar refractivity (Wildman–Crippen MR) is 137 cm³/mol. The molecule has 6 nitrogen and oxygen atoms in total. The fourth-order valence-corrected chi connectivity index (χ4v) is 3.14. The van der Waals surface area contributed by atoms with Crippen LogP contribution in [-0.2, 0) is 13.0 Å². The molecule has 3 rings (SSSR count). The number of nitrogens with zero attached hydrogens (tertiary/aromatic N) is 3. The monoisotopic (exact) mass is 551 g/mol. The average molecular weight is 551 g/mol. The van der Waals surface area contributed by atoms with Gasteiger partial charge in [-0.05, 0) is 31.5 Å². The molecular weight excluding hydrogens is 520 g/mol. The van der Waals surface area contributed by atoms with Crippen LogP contribution in [0.25, 0.3) is 0 Å². The standard InChI is InChI=1S/C24H30FN5O.HI/c1-3-26-24(29-17-19(2)31-22-12-8-7-11-21(22)25)28-14-13-23-27-15-16-30(23)18-20-9-5-4-6-10-20;/h4-12,15-16,19H,3,13-14,17-18H2,1-2H3,(H2,26,28,29);1H. The fraction of sp³-hybridized carbons (Fsp3) is 0.333. The van der Waals surface area contributed by atoms with Crippen molar-refractivity contribution < 1.29 is 9.13 Å². The number of aliphatic imine (C=N–C) groups is 1. The van der Waals surface area contributed by atoms with Gasteiger partial charge in [0.25, 0.3) is 0 Å². The number of imidazole rings is 1. The summed E-state index contributed by atoms with van der Waals surface area (Å²) < 4.78 is 21.6. The van der Waals surface area contributed by atoms with Crippen LogP contribution in [0.1, 0.15) is 25.2 Å². The second-order valence-electron chi connectivity index (χ2n) is 7.21. The second kappa shape index (κ2) is 13.7. The van der Waals surface area contributed by atoms with Crippen molar-refractivity contribution in [1.82, 2.24) is 20.2 Å². The lowest BCUT2D eigenvalue weighted by Gasteiger charge is -2.15. The zero-order chi connectivity index (χ0) is 21.9. The van der Waals surface area contributed by atoms with E-state index in [9.17, 15) is 4.39 Å². The highest BCUT2D eigenvalue weighted by atomic mass is 127. The number of ether oxygens (including phenoxy) is 1. The normalized spacial score (nSPS) is 12.0. The zero-order valence-corrected chi connectivity index (χ0v) is 20.8. The van der Waals surface area contributed by atoms with Crippen LogP contribution in [0.3, 0.4) is 0 Å². The lowest BCUT2D eigenvalue weighted by Crippen LogP contribution is -2.39. The van der Waals surface area contributed by atoms with Gasteiger partial charge in [-0.25, -0.2) is 14.4 Å². The van der Waals surface area contributed by atoms with Crippen molar-refractivity contribution >= 4 is 29.9 Å². The van der Waals surface area contributed by atoms with Gasteiger partial charge in [0.1, 0.15) is 11.9 Å². The van der Waals surface area contributed by atoms with E-state index in [0.717, 1.165) is 25.3 Å². The molecule has 3 aromatic rings. The first-order chi connectivity index (χ1) is 15.2. The van der Waals surface area contributed by atoms with Crippen LogP contribution >= 0.6 is 24.0 Å². The quantitative estimate of drug-likeness (QED) is 0.225. The van der Waals surface area contributed by atoms with E-state index in [1.165, 1.54) is 11.6 Å². The average Bonchev–Trinajstić information content (AvgIpc) is 3.21. The predicted octanol–water partition coefficient (Wildman–Crippen LogP) is 4.25. The van der Waals surface area contributed by atoms with Gasteiger partial charge in [-0.15, -0.1) is 24.0 Å². The van der Waals surface area contributed by atoms with Crippen molar-refractivity contribution in [2.45, 2.75) is 32.9 Å². The largest absolute Gasteiger partial charge is 0.486 e. The summed E-state index contributed by atoms with van der Waals surface area (Å²) >= 11 is 0. The molecule has 2 N–H and O–H groups in total. The van der Waals surface area contributed by atoms with E-state index in [4.69, 9.17) is 4.74 Å². The topological polar surface area (TPSA) is 63.5 Å². The van der Waals surface area contributed by atoms with Gasteiger partial charge in [-0.3, -0.25) is 0 Å². The maximum absolute atomic E-state index is 13.7. The summed E-state index contributed by atoms with van der Waals surface area (Å²) in [6.45, 7) is 6.54. The minimum absolute atomic E-state index is 0. The molecule has 0 saturated carbocycles. The molecule has 2 aromatic carbocycles. The molecule has 8 heteroatoms. The number of halogens is 2. The van der Waals surface area contributed by atoms with E-state index in [0.29, 0.717) is 19.0 Å². The number of aromatic nitrogens is 2. The van der Waals surface area contributed by atoms with Crippen LogP contribution in [-0.4, -0.2) is 41.2 Å². The summed E-state index contributed by atoms with van der Waals surface area (Å²) in [6.07, 6.45) is 4.35. The van der Waals surface area contributed by atoms with Crippen molar-refractivity contribution in [3.8, 4) is 5.75 Å². The smallest absolute Gasteiger partial charge is 0.191 e. The molecule has 1 aromatic heterocycles. The summed E-state index contributed by atoms with van der Waals surface area (Å²) in [5, 5.41) is 6.57. The maximum atomic E-state index is 13.7. The molecule has 0 radical (unpaired) electrons. The molecule has 1 heterocycles. The Labute approximate surface area is 206 Å². The third kappa shape index (κ3) is 8.14. The first-order valence-electron chi connectivity index (χ1n) is 10.6. The molecule has 0 saturated heterocycles. The van der Waals surface area contributed by atoms with E-state index in [-0.39, 0.29) is 41.6 Å². The highest BCUT2D eigenvalue weighted by Gasteiger charge is 2.09. The number of hydrogen-bond acceptors (Lipinski definition) is 3. The van der Waals surface area contributed by atoms with Crippen LogP contribution in [0.2, 0.25) is 0 Å². The summed E-state index contributed by atoms with van der Waals surface area (Å²) in [5.41, 5.74) is 1.24. The molecule has 0 bridgehead atoms. The molecule has 0 spiro atoms. The van der Waals surface area contributed by atoms with Crippen molar-refractivity contribution in [1.29, 1.82) is 0 Å². The van der Waals surface area contributed by atoms with E-state index in [2.05, 4.69) is 37.3 Å². The fourth-order valence-electron chi connectivity index (χ4n) is 3.14. The van der Waals surface area contributed by atoms with Gasteiger partial charge < -0.3 is 19.9 Å². The molecule has 0 aliphatic rings. The van der Waals surface area contributed by atoms with Crippen molar-refractivity contribution in [2.24, 2.45) is 4.99 Å². The van der Waals surface area contributed by atoms with E-state index < -0.39 is 0 Å². The maximum Gasteiger partial charge on any atom is 0.191 e. The lowest BCUT2D eigenvalue weighted by atomic mass is 10.2. The number of para-hydroxylation sites is 1. The summed E-state index contributed by atoms with van der Waals surface area (Å²) in [4.78, 5) is 9.06. The minimum Gasteiger partial charge on any atom is -0.486 e. The zero-order valence-electron chi connectivity index (χ0n) is 18.5. The van der Waals surface area contributed by atoms with Gasteiger partial charge in [0.15, 0.2) is 17.5 Å². The highest BCUT2D eigenvalue weighted by molar-refractivity contribution is 14.0. The number of benzene rings is 2. The Morgan fingerprint density at radius 1 is 1.12 bits per heavy atom. The number of hydrogen-bond donors (Lipinski definition) is 2. The Hall–Kier alpha value is -2.62. The Balaban J connectivity index is 0.00000363. The molecule has 172 valence electrons. The van der Waals surface area contributed by atoms with Crippen molar-refractivity contribution in [3.63, 3.8) is 0 Å². The van der Waals surface area contributed by atoms with Gasteiger partial charge in [-0.1, -0.05) is 42.5 Å². The van der Waals surface area contributed by atoms with Gasteiger partial charge in [0, 0.05) is 38.4 Å². The van der Waals surface area contributed by atoms with Crippen molar-refractivity contribution in [3.05, 3.63) is 84.2 Å². The van der Waals surface area contributed by atoms with E-state index >= 15 is 0 Å². The number of rotatable bonds is 10. The molecular formula is C24H31FIN5O. The van der Waals surface area contributed by atoms with Crippen LogP contribution in [0.4, 0.5) is 4.39 Å². The van der Waals surface area contributed by atoms with Crippen LogP contribution < -0.4 is 15.4 Å². The number of nitrogens with one attached hydrogen (secondary N) is 2. The van der Waals surface area contributed by atoms with Crippen LogP contribution in [0.15, 0.2) is 72.0 Å². The SMILES string of the molecule is CCNC(=NCC(C)Oc1ccccc1F)NCCc1nccn1Cc1ccccc1.I. The lowest BCUT2D eigenvalue weighted by molar-refractivity contribution is 0.220. The van der Waals surface area contributed by atoms with Crippen LogP contribution in [0, 0.1) is 5.82 Å². The summed E-state index contributed by atoms with van der Waals surface area (Å²) in [6, 6.07) is 16.7. The Bertz CT molecular complexity index is 964. The van der Waals surface area contributed by atoms with E-state index in [1.54, 1.807) is 18.2 Å². The van der Waals surface area contributed by atoms with E-state index in [1.807, 2.05) is 44.4 Å². The molecule has 0 aliphatic carbocycles. The Kier molecular flexibility index (Phi) is 11.0. The molecule has 0 aliphatic heterocycles. The van der Waals surface area contributed by atoms with Crippen molar-refractivity contribution in [2.75, 3.05) is 19.6 Å². The Morgan fingerprint density at radius 3 is 2.62 bits per heavy atom. The number of guanidine groups is 1. The molecule has 0 fully saturated rings.